The summed E-state index contributed by atoms with van der Waals surface area (Å²) >= 11 is 0. The molecule has 4 heteroatoms. The molecule has 2 aliphatic rings. The van der Waals surface area contributed by atoms with Crippen molar-refractivity contribution in [1.29, 1.82) is 0 Å². The van der Waals surface area contributed by atoms with Crippen LogP contribution in [0.4, 0.5) is 0 Å². The van der Waals surface area contributed by atoms with Gasteiger partial charge in [0.2, 0.25) is 5.56 Å². The average Bonchev–Trinajstić information content (AvgIpc) is 2.26. The standard InChI is InChI=1S/C15H18N2O.H2O/c1-3-11-10-6-9(2)8-15(11,16)12-4-5-14(18)17-13(12)7-10;/h3-6,10H,7-8,16H2,1-2H3,(H,17,18);1H2/b11-3+;. The molecule has 19 heavy (non-hydrogen) atoms. The van der Waals surface area contributed by atoms with E-state index in [2.05, 4.69) is 31.0 Å². The number of fused-ring (bicyclic) bond motifs is 4. The number of aromatic nitrogens is 1. The summed E-state index contributed by atoms with van der Waals surface area (Å²) in [5.74, 6) is 0.333. The molecule has 1 heterocycles. The van der Waals surface area contributed by atoms with Crippen molar-refractivity contribution in [2.75, 3.05) is 0 Å². The first-order valence-electron chi connectivity index (χ1n) is 6.40. The minimum atomic E-state index is -0.434. The number of hydrogen-bond donors (Lipinski definition) is 2. The topological polar surface area (TPSA) is 90.4 Å². The SMILES string of the molecule is C/C=C1\C2C=C(C)CC1(N)c1ccc(=O)[nH]c1C2.O. The quantitative estimate of drug-likeness (QED) is 0.686. The van der Waals surface area contributed by atoms with E-state index in [0.717, 1.165) is 24.1 Å². The van der Waals surface area contributed by atoms with Crippen molar-refractivity contribution >= 4 is 0 Å². The smallest absolute Gasteiger partial charge is 0.248 e. The molecule has 0 radical (unpaired) electrons. The van der Waals surface area contributed by atoms with E-state index in [-0.39, 0.29) is 11.0 Å². The number of nitrogens with two attached hydrogens (primary N) is 1. The molecular weight excluding hydrogens is 240 g/mol. The van der Waals surface area contributed by atoms with Gasteiger partial charge in [-0.1, -0.05) is 17.7 Å². The van der Waals surface area contributed by atoms with Crippen molar-refractivity contribution in [3.63, 3.8) is 0 Å². The van der Waals surface area contributed by atoms with Crippen LogP contribution in [0.2, 0.25) is 0 Å². The Morgan fingerprint density at radius 1 is 1.47 bits per heavy atom. The highest BCUT2D eigenvalue weighted by molar-refractivity contribution is 5.48. The summed E-state index contributed by atoms with van der Waals surface area (Å²) in [4.78, 5) is 14.4. The van der Waals surface area contributed by atoms with Crippen molar-refractivity contribution in [2.45, 2.75) is 32.2 Å². The molecule has 102 valence electrons. The van der Waals surface area contributed by atoms with Gasteiger partial charge in [0.1, 0.15) is 0 Å². The van der Waals surface area contributed by atoms with Crippen molar-refractivity contribution < 1.29 is 5.48 Å². The zero-order chi connectivity index (χ0) is 12.9. The van der Waals surface area contributed by atoms with Crippen LogP contribution in [0, 0.1) is 5.92 Å². The molecule has 0 aromatic carbocycles. The lowest BCUT2D eigenvalue weighted by molar-refractivity contribution is 0.409. The third-order valence-corrected chi connectivity index (χ3v) is 4.17. The van der Waals surface area contributed by atoms with Gasteiger partial charge in [0.15, 0.2) is 0 Å². The van der Waals surface area contributed by atoms with Gasteiger partial charge < -0.3 is 16.2 Å². The highest BCUT2D eigenvalue weighted by Crippen LogP contribution is 2.47. The first-order chi connectivity index (χ1) is 8.54. The fraction of sp³-hybridized carbons (Fsp3) is 0.400. The third-order valence-electron chi connectivity index (χ3n) is 4.17. The predicted molar refractivity (Wildman–Crippen MR) is 75.9 cm³/mol. The Kier molecular flexibility index (Phi) is 3.24. The molecule has 2 atom stereocenters. The van der Waals surface area contributed by atoms with Crippen LogP contribution >= 0.6 is 0 Å². The molecule has 0 saturated carbocycles. The Morgan fingerprint density at radius 2 is 2.21 bits per heavy atom. The van der Waals surface area contributed by atoms with E-state index in [0.29, 0.717) is 5.92 Å². The molecule has 0 saturated heterocycles. The summed E-state index contributed by atoms with van der Waals surface area (Å²) in [6, 6.07) is 3.47. The molecule has 0 amide bonds. The van der Waals surface area contributed by atoms with E-state index >= 15 is 0 Å². The van der Waals surface area contributed by atoms with Gasteiger partial charge in [0.05, 0.1) is 5.54 Å². The van der Waals surface area contributed by atoms with E-state index in [9.17, 15) is 4.79 Å². The molecule has 0 aliphatic heterocycles. The fourth-order valence-corrected chi connectivity index (χ4v) is 3.57. The molecule has 5 N–H and O–H groups in total. The summed E-state index contributed by atoms with van der Waals surface area (Å²) in [6.07, 6.45) is 6.11. The molecule has 1 aromatic heterocycles. The van der Waals surface area contributed by atoms with Crippen molar-refractivity contribution in [1.82, 2.24) is 4.98 Å². The highest BCUT2D eigenvalue weighted by atomic mass is 16.1. The van der Waals surface area contributed by atoms with Crippen LogP contribution in [0.5, 0.6) is 0 Å². The molecule has 2 unspecified atom stereocenters. The minimum absolute atomic E-state index is 0. The van der Waals surface area contributed by atoms with Crippen molar-refractivity contribution in [3.8, 4) is 0 Å². The second kappa shape index (κ2) is 4.47. The number of aromatic amines is 1. The molecule has 0 fully saturated rings. The van der Waals surface area contributed by atoms with Crippen LogP contribution in [0.15, 0.2) is 40.2 Å². The van der Waals surface area contributed by atoms with E-state index in [1.54, 1.807) is 6.07 Å². The lowest BCUT2D eigenvalue weighted by Gasteiger charge is -2.45. The Bertz CT molecular complexity index is 627. The van der Waals surface area contributed by atoms with E-state index < -0.39 is 5.54 Å². The second-order valence-corrected chi connectivity index (χ2v) is 5.43. The molecule has 3 rings (SSSR count). The number of pyridine rings is 1. The van der Waals surface area contributed by atoms with E-state index in [1.165, 1.54) is 11.1 Å². The third kappa shape index (κ3) is 1.88. The summed E-state index contributed by atoms with van der Waals surface area (Å²) < 4.78 is 0. The lowest BCUT2D eigenvalue weighted by Crippen LogP contribution is -2.48. The van der Waals surface area contributed by atoms with Crippen LogP contribution < -0.4 is 11.3 Å². The van der Waals surface area contributed by atoms with Crippen LogP contribution in [0.3, 0.4) is 0 Å². The van der Waals surface area contributed by atoms with Crippen LogP contribution in [0.1, 0.15) is 31.5 Å². The molecule has 1 aromatic rings. The zero-order valence-electron chi connectivity index (χ0n) is 11.3. The number of allylic oxidation sites excluding steroid dienone is 2. The first kappa shape index (κ1) is 13.8. The van der Waals surface area contributed by atoms with Crippen LogP contribution in [-0.2, 0) is 12.0 Å². The van der Waals surface area contributed by atoms with Gasteiger partial charge in [-0.25, -0.2) is 0 Å². The zero-order valence-corrected chi connectivity index (χ0v) is 11.3. The maximum absolute atomic E-state index is 11.5. The Balaban J connectivity index is 0.00000133. The van der Waals surface area contributed by atoms with Crippen molar-refractivity contribution in [2.24, 2.45) is 11.7 Å². The molecule has 0 spiro atoms. The predicted octanol–water partition coefficient (Wildman–Crippen LogP) is 1.17. The van der Waals surface area contributed by atoms with Gasteiger partial charge in [0, 0.05) is 17.7 Å². The average molecular weight is 260 g/mol. The Morgan fingerprint density at radius 3 is 2.89 bits per heavy atom. The molecule has 2 bridgehead atoms. The molecule has 2 aliphatic carbocycles. The monoisotopic (exact) mass is 260 g/mol. The van der Waals surface area contributed by atoms with Crippen molar-refractivity contribution in [3.05, 3.63) is 57.0 Å². The minimum Gasteiger partial charge on any atom is -0.412 e. The molecular formula is C15H20N2O2. The summed E-state index contributed by atoms with van der Waals surface area (Å²) in [5, 5.41) is 0. The van der Waals surface area contributed by atoms with E-state index in [4.69, 9.17) is 5.73 Å². The fourth-order valence-electron chi connectivity index (χ4n) is 3.57. The number of rotatable bonds is 0. The van der Waals surface area contributed by atoms with Gasteiger partial charge in [0.25, 0.3) is 0 Å². The van der Waals surface area contributed by atoms with Gasteiger partial charge in [-0.2, -0.15) is 0 Å². The molecule has 4 nitrogen and oxygen atoms in total. The normalized spacial score (nSPS) is 30.4. The van der Waals surface area contributed by atoms with E-state index in [1.807, 2.05) is 6.07 Å². The largest absolute Gasteiger partial charge is 0.412 e. The number of nitrogens with one attached hydrogen (secondary N) is 1. The van der Waals surface area contributed by atoms with Gasteiger partial charge >= 0.3 is 0 Å². The number of H-pyrrole nitrogens is 1. The van der Waals surface area contributed by atoms with Crippen LogP contribution in [-0.4, -0.2) is 10.5 Å². The summed E-state index contributed by atoms with van der Waals surface area (Å²) in [5.41, 5.74) is 10.9. The first-order valence-corrected chi connectivity index (χ1v) is 6.40. The lowest BCUT2D eigenvalue weighted by atomic mass is 9.63. The Hall–Kier alpha value is -1.65. The van der Waals surface area contributed by atoms with Gasteiger partial charge in [-0.05, 0) is 43.9 Å². The summed E-state index contributed by atoms with van der Waals surface area (Å²) in [7, 11) is 0. The maximum atomic E-state index is 11.5. The second-order valence-electron chi connectivity index (χ2n) is 5.43. The highest BCUT2D eigenvalue weighted by Gasteiger charge is 2.43. The maximum Gasteiger partial charge on any atom is 0.248 e. The van der Waals surface area contributed by atoms with Gasteiger partial charge in [-0.15, -0.1) is 0 Å². The Labute approximate surface area is 112 Å². The summed E-state index contributed by atoms with van der Waals surface area (Å²) in [6.45, 7) is 4.19. The number of hydrogen-bond acceptors (Lipinski definition) is 2. The van der Waals surface area contributed by atoms with Gasteiger partial charge in [-0.3, -0.25) is 4.79 Å². The van der Waals surface area contributed by atoms with Crippen LogP contribution in [0.25, 0.3) is 0 Å².